The molecule has 0 aromatic rings. The second-order valence-corrected chi connectivity index (χ2v) is 3.79. The SMILES string of the molecule is CCCCCCCOCC(B=O)CC. The van der Waals surface area contributed by atoms with Gasteiger partial charge in [0.1, 0.15) is 0 Å². The molecule has 0 aliphatic carbocycles. The first-order chi connectivity index (χ1) is 6.85. The van der Waals surface area contributed by atoms with Crippen molar-refractivity contribution >= 4 is 7.15 Å². The molecule has 0 aliphatic rings. The molecule has 3 heteroatoms. The average molecular weight is 198 g/mol. The van der Waals surface area contributed by atoms with Crippen LogP contribution in [0.2, 0.25) is 5.82 Å². The van der Waals surface area contributed by atoms with E-state index < -0.39 is 0 Å². The fraction of sp³-hybridized carbons (Fsp3) is 1.00. The van der Waals surface area contributed by atoms with Crippen molar-refractivity contribution in [3.8, 4) is 0 Å². The fourth-order valence-electron chi connectivity index (χ4n) is 1.30. The summed E-state index contributed by atoms with van der Waals surface area (Å²) in [4.78, 5) is 0. The molecular weight excluding hydrogens is 175 g/mol. The van der Waals surface area contributed by atoms with Gasteiger partial charge in [0.25, 0.3) is 0 Å². The summed E-state index contributed by atoms with van der Waals surface area (Å²) in [6.45, 7) is 5.65. The quantitative estimate of drug-likeness (QED) is 0.398. The monoisotopic (exact) mass is 198 g/mol. The average Bonchev–Trinajstić information content (AvgIpc) is 2.22. The molecule has 0 saturated heterocycles. The normalized spacial score (nSPS) is 12.4. The van der Waals surface area contributed by atoms with Gasteiger partial charge in [-0.3, -0.25) is 0 Å². The summed E-state index contributed by atoms with van der Waals surface area (Å²) in [5, 5.41) is 0. The molecular formula is C11H23BO2. The molecule has 0 heterocycles. The molecule has 0 bridgehead atoms. The van der Waals surface area contributed by atoms with Crippen molar-refractivity contribution in [1.29, 1.82) is 0 Å². The van der Waals surface area contributed by atoms with Crippen LogP contribution in [0.25, 0.3) is 0 Å². The fourth-order valence-corrected chi connectivity index (χ4v) is 1.30. The zero-order valence-electron chi connectivity index (χ0n) is 9.63. The molecule has 0 spiro atoms. The maximum atomic E-state index is 10.5. The molecule has 0 fully saturated rings. The summed E-state index contributed by atoms with van der Waals surface area (Å²) in [5.41, 5.74) is 0. The second-order valence-electron chi connectivity index (χ2n) is 3.79. The van der Waals surface area contributed by atoms with Gasteiger partial charge in [-0.1, -0.05) is 0 Å². The van der Waals surface area contributed by atoms with Crippen LogP contribution in [0, 0.1) is 0 Å². The first kappa shape index (κ1) is 13.8. The van der Waals surface area contributed by atoms with E-state index in [1.807, 2.05) is 6.92 Å². The van der Waals surface area contributed by atoms with Gasteiger partial charge in [-0.05, 0) is 0 Å². The molecule has 0 radical (unpaired) electrons. The molecule has 0 rings (SSSR count). The third-order valence-corrected chi connectivity index (χ3v) is 2.44. The van der Waals surface area contributed by atoms with Crippen molar-refractivity contribution in [2.45, 2.75) is 58.2 Å². The van der Waals surface area contributed by atoms with Crippen molar-refractivity contribution in [3.05, 3.63) is 0 Å². The third-order valence-electron chi connectivity index (χ3n) is 2.44. The molecule has 14 heavy (non-hydrogen) atoms. The van der Waals surface area contributed by atoms with E-state index in [-0.39, 0.29) is 5.82 Å². The third kappa shape index (κ3) is 8.42. The number of unbranched alkanes of at least 4 members (excludes halogenated alkanes) is 4. The number of ether oxygens (including phenoxy) is 1. The Morgan fingerprint density at radius 3 is 2.43 bits per heavy atom. The van der Waals surface area contributed by atoms with E-state index in [2.05, 4.69) is 6.92 Å². The summed E-state index contributed by atoms with van der Waals surface area (Å²) < 4.78 is 15.9. The molecule has 1 unspecified atom stereocenters. The van der Waals surface area contributed by atoms with Gasteiger partial charge in [-0.2, -0.15) is 0 Å². The topological polar surface area (TPSA) is 26.3 Å². The molecule has 82 valence electrons. The van der Waals surface area contributed by atoms with Crippen LogP contribution in [0.15, 0.2) is 0 Å². The standard InChI is InChI=1S/C11H23BO2/c1-3-5-6-7-8-9-14-10-11(4-2)12-13/h11H,3-10H2,1-2H3. The van der Waals surface area contributed by atoms with Crippen LogP contribution in [-0.4, -0.2) is 20.4 Å². The molecule has 0 aromatic carbocycles. The summed E-state index contributed by atoms with van der Waals surface area (Å²) in [6.07, 6.45) is 7.20. The van der Waals surface area contributed by atoms with Crippen LogP contribution >= 0.6 is 0 Å². The predicted octanol–water partition coefficient (Wildman–Crippen LogP) is 3.22. The Morgan fingerprint density at radius 1 is 1.14 bits per heavy atom. The van der Waals surface area contributed by atoms with Crippen molar-refractivity contribution in [3.63, 3.8) is 0 Å². The van der Waals surface area contributed by atoms with E-state index in [9.17, 15) is 4.70 Å². The van der Waals surface area contributed by atoms with E-state index in [1.165, 1.54) is 25.7 Å². The van der Waals surface area contributed by atoms with E-state index in [4.69, 9.17) is 4.74 Å². The van der Waals surface area contributed by atoms with Gasteiger partial charge in [0.2, 0.25) is 0 Å². The summed E-state index contributed by atoms with van der Waals surface area (Å²) in [6, 6.07) is 0. The van der Waals surface area contributed by atoms with E-state index in [1.54, 1.807) is 0 Å². The summed E-state index contributed by atoms with van der Waals surface area (Å²) >= 11 is 0. The minimum atomic E-state index is 0.102. The van der Waals surface area contributed by atoms with Gasteiger partial charge < -0.3 is 0 Å². The number of rotatable bonds is 10. The molecule has 0 N–H and O–H groups in total. The first-order valence-electron chi connectivity index (χ1n) is 5.88. The molecule has 1 atom stereocenters. The van der Waals surface area contributed by atoms with Crippen LogP contribution in [0.1, 0.15) is 52.4 Å². The van der Waals surface area contributed by atoms with Gasteiger partial charge in [0.15, 0.2) is 0 Å². The Kier molecular flexibility index (Phi) is 10.8. The minimum absolute atomic E-state index is 0.102. The van der Waals surface area contributed by atoms with Gasteiger partial charge >= 0.3 is 88.0 Å². The van der Waals surface area contributed by atoms with E-state index in [0.29, 0.717) is 6.61 Å². The van der Waals surface area contributed by atoms with Crippen LogP contribution in [0.5, 0.6) is 0 Å². The number of hydrogen-bond donors (Lipinski definition) is 0. The zero-order valence-corrected chi connectivity index (χ0v) is 9.63. The Labute approximate surface area is 88.7 Å². The summed E-state index contributed by atoms with van der Waals surface area (Å²) in [7, 11) is 0.997. The van der Waals surface area contributed by atoms with E-state index in [0.717, 1.165) is 26.6 Å². The van der Waals surface area contributed by atoms with Crippen molar-refractivity contribution in [2.75, 3.05) is 13.2 Å². The first-order valence-corrected chi connectivity index (χ1v) is 5.88. The van der Waals surface area contributed by atoms with Crippen molar-refractivity contribution in [2.24, 2.45) is 0 Å². The summed E-state index contributed by atoms with van der Waals surface area (Å²) in [5.74, 6) is 0.102. The number of hydrogen-bond acceptors (Lipinski definition) is 2. The molecule has 0 amide bonds. The Bertz CT molecular complexity index is 128. The second kappa shape index (κ2) is 10.9. The van der Waals surface area contributed by atoms with Gasteiger partial charge in [0, 0.05) is 0 Å². The zero-order chi connectivity index (χ0) is 10.6. The van der Waals surface area contributed by atoms with Gasteiger partial charge in [-0.25, -0.2) is 0 Å². The molecule has 2 nitrogen and oxygen atoms in total. The van der Waals surface area contributed by atoms with Crippen LogP contribution in [0.3, 0.4) is 0 Å². The van der Waals surface area contributed by atoms with Gasteiger partial charge in [-0.15, -0.1) is 0 Å². The Balaban J connectivity index is 3.08. The van der Waals surface area contributed by atoms with Crippen LogP contribution in [0.4, 0.5) is 0 Å². The maximum absolute atomic E-state index is 10.5. The van der Waals surface area contributed by atoms with Crippen molar-refractivity contribution in [1.82, 2.24) is 0 Å². The molecule has 0 aromatic heterocycles. The molecule has 0 aliphatic heterocycles. The Morgan fingerprint density at radius 2 is 1.86 bits per heavy atom. The van der Waals surface area contributed by atoms with Crippen LogP contribution in [-0.2, 0) is 9.44 Å². The van der Waals surface area contributed by atoms with Crippen LogP contribution < -0.4 is 0 Å². The molecule has 0 saturated carbocycles. The Hall–Kier alpha value is -0.175. The predicted molar refractivity (Wildman–Crippen MR) is 60.1 cm³/mol. The van der Waals surface area contributed by atoms with E-state index >= 15 is 0 Å². The van der Waals surface area contributed by atoms with Gasteiger partial charge in [0.05, 0.1) is 0 Å². The van der Waals surface area contributed by atoms with Crippen molar-refractivity contribution < 1.29 is 9.44 Å².